The molecule has 0 unspecified atom stereocenters. The van der Waals surface area contributed by atoms with Gasteiger partial charge in [0.2, 0.25) is 0 Å². The third-order valence-electron chi connectivity index (χ3n) is 3.27. The summed E-state index contributed by atoms with van der Waals surface area (Å²) in [6.45, 7) is 1.12. The molecule has 1 aromatic carbocycles. The number of hydrogen-bond acceptors (Lipinski definition) is 4. The van der Waals surface area contributed by atoms with Crippen molar-refractivity contribution in [1.82, 2.24) is 0 Å². The van der Waals surface area contributed by atoms with Crippen LogP contribution < -0.4 is 14.2 Å². The minimum absolute atomic E-state index is 0.541. The van der Waals surface area contributed by atoms with Crippen molar-refractivity contribution in [2.75, 3.05) is 20.3 Å². The first kappa shape index (κ1) is 10.7. The number of aliphatic hydroxyl groups is 1. The van der Waals surface area contributed by atoms with Crippen molar-refractivity contribution < 1.29 is 19.3 Å². The second-order valence-corrected chi connectivity index (χ2v) is 4.71. The van der Waals surface area contributed by atoms with Gasteiger partial charge in [-0.3, -0.25) is 0 Å². The molecule has 1 saturated carbocycles. The highest BCUT2D eigenvalue weighted by molar-refractivity contribution is 5.53. The van der Waals surface area contributed by atoms with Crippen LogP contribution in [0.2, 0.25) is 0 Å². The summed E-state index contributed by atoms with van der Waals surface area (Å²) in [5.74, 6) is 2.22. The van der Waals surface area contributed by atoms with Gasteiger partial charge in [-0.05, 0) is 18.9 Å². The van der Waals surface area contributed by atoms with Crippen molar-refractivity contribution in [3.05, 3.63) is 17.7 Å². The summed E-state index contributed by atoms with van der Waals surface area (Å²) < 4.78 is 16.4. The normalized spacial score (nSPS) is 19.9. The smallest absolute Gasteiger partial charge is 0.165 e. The van der Waals surface area contributed by atoms with Crippen LogP contribution in [0.1, 0.15) is 18.4 Å². The van der Waals surface area contributed by atoms with E-state index in [1.165, 1.54) is 0 Å². The van der Waals surface area contributed by atoms with Crippen LogP contribution in [0, 0.1) is 0 Å². The Bertz CT molecular complexity index is 437. The molecule has 1 N–H and O–H groups in total. The Kier molecular flexibility index (Phi) is 2.40. The summed E-state index contributed by atoms with van der Waals surface area (Å²) in [6.07, 6.45) is 2.33. The molecule has 0 atom stereocenters. The van der Waals surface area contributed by atoms with Gasteiger partial charge in [-0.15, -0.1) is 0 Å². The van der Waals surface area contributed by atoms with E-state index in [2.05, 4.69) is 0 Å². The average molecular weight is 236 g/mol. The molecule has 4 nitrogen and oxygen atoms in total. The number of benzene rings is 1. The zero-order chi connectivity index (χ0) is 11.9. The van der Waals surface area contributed by atoms with E-state index in [4.69, 9.17) is 14.2 Å². The van der Waals surface area contributed by atoms with Crippen LogP contribution >= 0.6 is 0 Å². The zero-order valence-electron chi connectivity index (χ0n) is 9.86. The molecular weight excluding hydrogens is 220 g/mol. The van der Waals surface area contributed by atoms with E-state index in [0.29, 0.717) is 19.6 Å². The van der Waals surface area contributed by atoms with E-state index in [1.807, 2.05) is 12.1 Å². The van der Waals surface area contributed by atoms with E-state index < -0.39 is 5.60 Å². The van der Waals surface area contributed by atoms with Gasteiger partial charge in [-0.2, -0.15) is 0 Å². The maximum Gasteiger partial charge on any atom is 0.165 e. The SMILES string of the molecule is COc1cc(CC2(O)CC2)c2c(c1)OCCO2. The number of rotatable bonds is 3. The van der Waals surface area contributed by atoms with Crippen LogP contribution in [0.5, 0.6) is 17.2 Å². The van der Waals surface area contributed by atoms with Gasteiger partial charge in [0.1, 0.15) is 19.0 Å². The fourth-order valence-corrected chi connectivity index (χ4v) is 2.12. The molecule has 1 fully saturated rings. The average Bonchev–Trinajstić information content (AvgIpc) is 3.06. The molecule has 0 radical (unpaired) electrons. The second-order valence-electron chi connectivity index (χ2n) is 4.71. The number of hydrogen-bond donors (Lipinski definition) is 1. The zero-order valence-corrected chi connectivity index (χ0v) is 9.86. The molecule has 0 spiro atoms. The fraction of sp³-hybridized carbons (Fsp3) is 0.538. The van der Waals surface area contributed by atoms with E-state index in [-0.39, 0.29) is 0 Å². The Balaban J connectivity index is 1.98. The molecule has 0 aromatic heterocycles. The van der Waals surface area contributed by atoms with Gasteiger partial charge < -0.3 is 19.3 Å². The van der Waals surface area contributed by atoms with Gasteiger partial charge in [0.25, 0.3) is 0 Å². The van der Waals surface area contributed by atoms with Crippen molar-refractivity contribution in [2.45, 2.75) is 24.9 Å². The van der Waals surface area contributed by atoms with Gasteiger partial charge in [-0.1, -0.05) is 0 Å². The minimum Gasteiger partial charge on any atom is -0.497 e. The maximum absolute atomic E-state index is 10.0. The molecule has 0 bridgehead atoms. The topological polar surface area (TPSA) is 47.9 Å². The molecule has 0 saturated heterocycles. The van der Waals surface area contributed by atoms with Crippen molar-refractivity contribution >= 4 is 0 Å². The predicted octanol–water partition coefficient (Wildman–Crippen LogP) is 1.53. The molecule has 2 aliphatic rings. The Morgan fingerprint density at radius 2 is 2.06 bits per heavy atom. The maximum atomic E-state index is 10.0. The van der Waals surface area contributed by atoms with Crippen LogP contribution in [0.3, 0.4) is 0 Å². The van der Waals surface area contributed by atoms with E-state index in [1.54, 1.807) is 7.11 Å². The number of ether oxygens (including phenoxy) is 3. The third-order valence-corrected chi connectivity index (χ3v) is 3.27. The van der Waals surface area contributed by atoms with E-state index in [0.717, 1.165) is 35.7 Å². The first-order chi connectivity index (χ1) is 8.20. The van der Waals surface area contributed by atoms with Gasteiger partial charge in [0, 0.05) is 18.1 Å². The summed E-state index contributed by atoms with van der Waals surface area (Å²) in [4.78, 5) is 0. The lowest BCUT2D eigenvalue weighted by Gasteiger charge is -2.23. The highest BCUT2D eigenvalue weighted by Crippen LogP contribution is 2.44. The quantitative estimate of drug-likeness (QED) is 0.864. The molecule has 1 aromatic rings. The van der Waals surface area contributed by atoms with Crippen LogP contribution in [0.4, 0.5) is 0 Å². The van der Waals surface area contributed by atoms with Crippen molar-refractivity contribution in [3.8, 4) is 17.2 Å². The van der Waals surface area contributed by atoms with E-state index in [9.17, 15) is 5.11 Å². The predicted molar refractivity (Wildman–Crippen MR) is 61.9 cm³/mol. The Morgan fingerprint density at radius 1 is 1.29 bits per heavy atom. The first-order valence-corrected chi connectivity index (χ1v) is 5.89. The van der Waals surface area contributed by atoms with Crippen molar-refractivity contribution in [2.24, 2.45) is 0 Å². The Labute approximate surface area is 100 Å². The fourth-order valence-electron chi connectivity index (χ4n) is 2.12. The van der Waals surface area contributed by atoms with Gasteiger partial charge in [0.05, 0.1) is 12.7 Å². The monoisotopic (exact) mass is 236 g/mol. The Morgan fingerprint density at radius 3 is 2.76 bits per heavy atom. The minimum atomic E-state index is -0.541. The first-order valence-electron chi connectivity index (χ1n) is 5.89. The molecule has 1 aliphatic heterocycles. The summed E-state index contributed by atoms with van der Waals surface area (Å²) >= 11 is 0. The second kappa shape index (κ2) is 3.81. The largest absolute Gasteiger partial charge is 0.497 e. The molecule has 1 heterocycles. The van der Waals surface area contributed by atoms with Gasteiger partial charge in [-0.25, -0.2) is 0 Å². The van der Waals surface area contributed by atoms with Gasteiger partial charge >= 0.3 is 0 Å². The molecule has 17 heavy (non-hydrogen) atoms. The van der Waals surface area contributed by atoms with Crippen molar-refractivity contribution in [3.63, 3.8) is 0 Å². The van der Waals surface area contributed by atoms with Crippen LogP contribution in [-0.2, 0) is 6.42 Å². The summed E-state index contributed by atoms with van der Waals surface area (Å²) in [6, 6.07) is 3.75. The standard InChI is InChI=1S/C13H16O4/c1-15-10-6-9(8-13(14)2-3-13)12-11(7-10)16-4-5-17-12/h6-7,14H,2-5,8H2,1H3. The third kappa shape index (κ3) is 2.05. The highest BCUT2D eigenvalue weighted by atomic mass is 16.6. The molecular formula is C13H16O4. The number of fused-ring (bicyclic) bond motifs is 1. The summed E-state index contributed by atoms with van der Waals surface area (Å²) in [5.41, 5.74) is 0.431. The lowest BCUT2D eigenvalue weighted by molar-refractivity contribution is 0.143. The van der Waals surface area contributed by atoms with Crippen LogP contribution in [-0.4, -0.2) is 31.0 Å². The lowest BCUT2D eigenvalue weighted by Crippen LogP contribution is -2.19. The number of methoxy groups -OCH3 is 1. The highest BCUT2D eigenvalue weighted by Gasteiger charge is 2.41. The van der Waals surface area contributed by atoms with Crippen LogP contribution in [0.15, 0.2) is 12.1 Å². The lowest BCUT2D eigenvalue weighted by atomic mass is 10.0. The molecule has 3 rings (SSSR count). The molecule has 4 heteroatoms. The molecule has 1 aliphatic carbocycles. The van der Waals surface area contributed by atoms with Gasteiger partial charge in [0.15, 0.2) is 11.5 Å². The van der Waals surface area contributed by atoms with E-state index >= 15 is 0 Å². The van der Waals surface area contributed by atoms with Crippen LogP contribution in [0.25, 0.3) is 0 Å². The summed E-state index contributed by atoms with van der Waals surface area (Å²) in [5, 5.41) is 10.0. The molecule has 92 valence electrons. The molecule has 0 amide bonds. The summed E-state index contributed by atoms with van der Waals surface area (Å²) in [7, 11) is 1.63. The van der Waals surface area contributed by atoms with Crippen molar-refractivity contribution in [1.29, 1.82) is 0 Å². The Hall–Kier alpha value is -1.42.